The van der Waals surface area contributed by atoms with Crippen LogP contribution in [0, 0.1) is 17.8 Å². The molecule has 4 aliphatic carbocycles. The van der Waals surface area contributed by atoms with Crippen LogP contribution in [0.1, 0.15) is 45.4 Å². The Hall–Kier alpha value is -1.88. The zero-order chi connectivity index (χ0) is 17.9. The summed E-state index contributed by atoms with van der Waals surface area (Å²) < 4.78 is 0. The predicted octanol–water partition coefficient (Wildman–Crippen LogP) is 2.92. The van der Waals surface area contributed by atoms with E-state index in [-0.39, 0.29) is 29.9 Å². The summed E-state index contributed by atoms with van der Waals surface area (Å²) >= 11 is 0. The first-order valence-corrected chi connectivity index (χ1v) is 9.99. The van der Waals surface area contributed by atoms with E-state index in [1.54, 1.807) is 4.90 Å². The van der Waals surface area contributed by atoms with Crippen molar-refractivity contribution >= 4 is 23.2 Å². The van der Waals surface area contributed by atoms with Crippen molar-refractivity contribution in [3.63, 3.8) is 0 Å². The van der Waals surface area contributed by atoms with Gasteiger partial charge in [0.2, 0.25) is 11.8 Å². The van der Waals surface area contributed by atoms with E-state index in [0.717, 1.165) is 29.1 Å². The van der Waals surface area contributed by atoms with Crippen LogP contribution in [-0.4, -0.2) is 29.9 Å². The Morgan fingerprint density at radius 1 is 1.15 bits per heavy atom. The van der Waals surface area contributed by atoms with Gasteiger partial charge in [0.1, 0.15) is 6.54 Å². The summed E-state index contributed by atoms with van der Waals surface area (Å²) in [4.78, 5) is 26.9. The largest absolute Gasteiger partial charge is 0.323 e. The Bertz CT molecular complexity index is 724. The lowest BCUT2D eigenvalue weighted by atomic mass is 9.53. The molecule has 0 unspecified atom stereocenters. The molecule has 4 saturated carbocycles. The van der Waals surface area contributed by atoms with Crippen molar-refractivity contribution in [2.75, 3.05) is 16.8 Å². The molecule has 26 heavy (non-hydrogen) atoms. The lowest BCUT2D eigenvalue weighted by Crippen LogP contribution is -2.63. The summed E-state index contributed by atoms with van der Waals surface area (Å²) in [5.74, 6) is 2.41. The maximum absolute atomic E-state index is 13.2. The molecule has 5 nitrogen and oxygen atoms in total. The van der Waals surface area contributed by atoms with Crippen LogP contribution in [0.5, 0.6) is 0 Å². The zero-order valence-electron chi connectivity index (χ0n) is 15.3. The molecule has 0 saturated heterocycles. The molecule has 0 spiro atoms. The molecule has 4 bridgehead atoms. The van der Waals surface area contributed by atoms with Gasteiger partial charge in [0, 0.05) is 5.54 Å². The summed E-state index contributed by atoms with van der Waals surface area (Å²) in [6.45, 7) is 2.07. The van der Waals surface area contributed by atoms with E-state index in [4.69, 9.17) is 0 Å². The second-order valence-corrected chi connectivity index (χ2v) is 9.05. The van der Waals surface area contributed by atoms with Gasteiger partial charge < -0.3 is 10.6 Å². The number of rotatable bonds is 3. The number of para-hydroxylation sites is 2. The number of carbonyl (C=O) groups is 2. The summed E-state index contributed by atoms with van der Waals surface area (Å²) in [5.41, 5.74) is 1.66. The lowest BCUT2D eigenvalue weighted by molar-refractivity contribution is -0.124. The van der Waals surface area contributed by atoms with E-state index in [1.807, 2.05) is 31.2 Å². The van der Waals surface area contributed by atoms with Gasteiger partial charge in [0.25, 0.3) is 0 Å². The minimum atomic E-state index is -0.273. The third kappa shape index (κ3) is 2.64. The van der Waals surface area contributed by atoms with Crippen LogP contribution in [0.25, 0.3) is 0 Å². The normalized spacial score (nSPS) is 35.8. The first-order valence-electron chi connectivity index (χ1n) is 9.99. The van der Waals surface area contributed by atoms with Gasteiger partial charge in [0.05, 0.1) is 17.4 Å². The standard InChI is InChI=1S/C21H27N3O2/c1-13(23-21-9-14-6-15(10-21)8-16(7-14)11-21)20(26)24-12-19(25)22-17-4-2-3-5-18(17)24/h2-5,13-16,23H,6-12H2,1H3,(H,22,25)/t13-,14?,15?,16?,21?/m0/s1. The fourth-order valence-electron chi connectivity index (χ4n) is 6.47. The number of nitrogens with zero attached hydrogens (tertiary/aromatic N) is 1. The van der Waals surface area contributed by atoms with Crippen molar-refractivity contribution in [2.45, 2.75) is 57.0 Å². The van der Waals surface area contributed by atoms with Gasteiger partial charge in [-0.25, -0.2) is 0 Å². The van der Waals surface area contributed by atoms with Crippen molar-refractivity contribution in [3.05, 3.63) is 24.3 Å². The molecule has 5 aliphatic rings. The van der Waals surface area contributed by atoms with E-state index < -0.39 is 0 Å². The number of anilines is 2. The zero-order valence-corrected chi connectivity index (χ0v) is 15.3. The maximum Gasteiger partial charge on any atom is 0.244 e. The maximum atomic E-state index is 13.2. The molecule has 1 aromatic rings. The molecule has 5 heteroatoms. The van der Waals surface area contributed by atoms with Gasteiger partial charge in [-0.2, -0.15) is 0 Å². The van der Waals surface area contributed by atoms with Crippen LogP contribution in [0.4, 0.5) is 11.4 Å². The molecular formula is C21H27N3O2. The highest BCUT2D eigenvalue weighted by atomic mass is 16.2. The smallest absolute Gasteiger partial charge is 0.244 e. The highest BCUT2D eigenvalue weighted by molar-refractivity contribution is 6.11. The van der Waals surface area contributed by atoms with Crippen LogP contribution in [0.15, 0.2) is 24.3 Å². The predicted molar refractivity (Wildman–Crippen MR) is 101 cm³/mol. The number of hydrogen-bond acceptors (Lipinski definition) is 3. The van der Waals surface area contributed by atoms with E-state index in [1.165, 1.54) is 38.5 Å². The monoisotopic (exact) mass is 353 g/mol. The van der Waals surface area contributed by atoms with Crippen LogP contribution < -0.4 is 15.5 Å². The molecule has 1 heterocycles. The van der Waals surface area contributed by atoms with Gasteiger partial charge in [-0.1, -0.05) is 12.1 Å². The number of carbonyl (C=O) groups excluding carboxylic acids is 2. The van der Waals surface area contributed by atoms with Crippen molar-refractivity contribution in [3.8, 4) is 0 Å². The average Bonchev–Trinajstić information content (AvgIpc) is 2.58. The van der Waals surface area contributed by atoms with E-state index >= 15 is 0 Å². The molecule has 2 N–H and O–H groups in total. The fourth-order valence-corrected chi connectivity index (χ4v) is 6.47. The Labute approximate surface area is 154 Å². The van der Waals surface area contributed by atoms with Crippen molar-refractivity contribution in [2.24, 2.45) is 17.8 Å². The molecule has 0 aromatic heterocycles. The topological polar surface area (TPSA) is 61.4 Å². The second kappa shape index (κ2) is 5.81. The minimum Gasteiger partial charge on any atom is -0.323 e. The van der Waals surface area contributed by atoms with Crippen LogP contribution in [-0.2, 0) is 9.59 Å². The molecule has 4 fully saturated rings. The molecule has 1 atom stereocenters. The Kier molecular flexibility index (Phi) is 3.64. The van der Waals surface area contributed by atoms with Crippen LogP contribution in [0.3, 0.4) is 0 Å². The molecule has 6 rings (SSSR count). The average molecular weight is 353 g/mol. The number of nitrogens with one attached hydrogen (secondary N) is 2. The summed E-state index contributed by atoms with van der Waals surface area (Å²) in [7, 11) is 0. The number of amides is 2. The highest BCUT2D eigenvalue weighted by Gasteiger charge is 2.51. The molecule has 0 radical (unpaired) electrons. The molecule has 138 valence electrons. The van der Waals surface area contributed by atoms with Gasteiger partial charge in [-0.05, 0) is 75.3 Å². The number of hydrogen-bond donors (Lipinski definition) is 2. The van der Waals surface area contributed by atoms with Crippen molar-refractivity contribution in [1.29, 1.82) is 0 Å². The number of fused-ring (bicyclic) bond motifs is 1. The first-order chi connectivity index (χ1) is 12.5. The van der Waals surface area contributed by atoms with Gasteiger partial charge in [-0.3, -0.25) is 14.5 Å². The third-order valence-electron chi connectivity index (χ3n) is 6.97. The summed E-state index contributed by atoms with van der Waals surface area (Å²) in [6, 6.07) is 7.27. The number of benzene rings is 1. The molecular weight excluding hydrogens is 326 g/mol. The summed E-state index contributed by atoms with van der Waals surface area (Å²) in [5, 5.41) is 6.60. The first kappa shape index (κ1) is 16.3. The molecule has 2 amide bonds. The lowest BCUT2D eigenvalue weighted by Gasteiger charge is -2.57. The SMILES string of the molecule is C[C@H](NC12CC3CC(CC(C3)C1)C2)C(=O)N1CC(=O)Nc2ccccc21. The van der Waals surface area contributed by atoms with Crippen LogP contribution >= 0.6 is 0 Å². The quantitative estimate of drug-likeness (QED) is 0.878. The van der Waals surface area contributed by atoms with Gasteiger partial charge in [0.15, 0.2) is 0 Å². The van der Waals surface area contributed by atoms with E-state index in [0.29, 0.717) is 0 Å². The Balaban J connectivity index is 1.36. The molecule has 1 aliphatic heterocycles. The van der Waals surface area contributed by atoms with Crippen molar-refractivity contribution in [1.82, 2.24) is 5.32 Å². The van der Waals surface area contributed by atoms with Gasteiger partial charge >= 0.3 is 0 Å². The minimum absolute atomic E-state index is 0.00282. The summed E-state index contributed by atoms with van der Waals surface area (Å²) in [6.07, 6.45) is 7.82. The highest BCUT2D eigenvalue weighted by Crippen LogP contribution is 2.55. The van der Waals surface area contributed by atoms with Crippen LogP contribution in [0.2, 0.25) is 0 Å². The Morgan fingerprint density at radius 3 is 2.42 bits per heavy atom. The van der Waals surface area contributed by atoms with Crippen molar-refractivity contribution < 1.29 is 9.59 Å². The molecule has 1 aromatic carbocycles. The third-order valence-corrected chi connectivity index (χ3v) is 6.97. The van der Waals surface area contributed by atoms with E-state index in [2.05, 4.69) is 10.6 Å². The van der Waals surface area contributed by atoms with E-state index in [9.17, 15) is 9.59 Å². The fraction of sp³-hybridized carbons (Fsp3) is 0.619. The second-order valence-electron chi connectivity index (χ2n) is 9.05. The van der Waals surface area contributed by atoms with Gasteiger partial charge in [-0.15, -0.1) is 0 Å². The Morgan fingerprint density at radius 2 is 1.77 bits per heavy atom.